The molecule has 1 aliphatic heterocycles. The Bertz CT molecular complexity index is 1260. The number of aliphatic hydroxyl groups is 1. The number of hydrogen-bond acceptors (Lipinski definition) is 10. The van der Waals surface area contributed by atoms with Gasteiger partial charge < -0.3 is 14.6 Å². The number of methoxy groups -OCH3 is 2. The van der Waals surface area contributed by atoms with E-state index in [1.54, 1.807) is 39.0 Å². The molecular formula is C21H20N4O5S2. The molecule has 0 bridgehead atoms. The van der Waals surface area contributed by atoms with Crippen LogP contribution in [-0.2, 0) is 4.79 Å². The van der Waals surface area contributed by atoms with Crippen LogP contribution in [0.1, 0.15) is 37.0 Å². The van der Waals surface area contributed by atoms with Gasteiger partial charge >= 0.3 is 0 Å². The van der Waals surface area contributed by atoms with Crippen molar-refractivity contribution < 1.29 is 24.2 Å². The largest absolute Gasteiger partial charge is 0.503 e. The second-order valence-electron chi connectivity index (χ2n) is 7.00. The fourth-order valence-electron chi connectivity index (χ4n) is 3.70. The maximum absolute atomic E-state index is 13.6. The zero-order valence-corrected chi connectivity index (χ0v) is 19.6. The molecule has 0 aliphatic carbocycles. The van der Waals surface area contributed by atoms with Gasteiger partial charge in [0.05, 0.1) is 35.4 Å². The van der Waals surface area contributed by atoms with Gasteiger partial charge in [0.15, 0.2) is 17.3 Å². The van der Waals surface area contributed by atoms with Crippen LogP contribution in [0.25, 0.3) is 0 Å². The minimum absolute atomic E-state index is 0.0684. The van der Waals surface area contributed by atoms with Crippen LogP contribution in [0.15, 0.2) is 29.5 Å². The Kier molecular flexibility index (Phi) is 5.70. The Morgan fingerprint density at radius 2 is 1.84 bits per heavy atom. The predicted molar refractivity (Wildman–Crippen MR) is 120 cm³/mol. The van der Waals surface area contributed by atoms with Gasteiger partial charge in [-0.25, -0.2) is 4.98 Å². The van der Waals surface area contributed by atoms with Crippen molar-refractivity contribution in [3.8, 4) is 11.5 Å². The summed E-state index contributed by atoms with van der Waals surface area (Å²) in [5.41, 5.74) is 0.937. The van der Waals surface area contributed by atoms with Crippen LogP contribution in [0.3, 0.4) is 0 Å². The molecule has 9 nitrogen and oxygen atoms in total. The molecule has 0 spiro atoms. The van der Waals surface area contributed by atoms with Crippen LogP contribution in [-0.4, -0.2) is 46.2 Å². The number of aliphatic hydroxyl groups excluding tert-OH is 1. The van der Waals surface area contributed by atoms with Crippen molar-refractivity contribution in [1.29, 1.82) is 0 Å². The number of para-hydroxylation sites is 1. The van der Waals surface area contributed by atoms with E-state index in [-0.39, 0.29) is 10.7 Å². The summed E-state index contributed by atoms with van der Waals surface area (Å²) in [7, 11) is 2.97. The SMILES string of the molecule is COc1cccc(C2C(C(=O)c3sc(C)nc3C)=C(O)C(=O)N2c2nnc(C)s2)c1OC. The molecule has 1 atom stereocenters. The lowest BCUT2D eigenvalue weighted by atomic mass is 9.94. The number of thiazole rings is 1. The van der Waals surface area contributed by atoms with Gasteiger partial charge in [-0.2, -0.15) is 0 Å². The van der Waals surface area contributed by atoms with Gasteiger partial charge in [0.25, 0.3) is 5.91 Å². The predicted octanol–water partition coefficient (Wildman–Crippen LogP) is 3.72. The molecule has 0 saturated heterocycles. The summed E-state index contributed by atoms with van der Waals surface area (Å²) < 4.78 is 11.0. The highest BCUT2D eigenvalue weighted by Crippen LogP contribution is 2.47. The number of Topliss-reactive ketones (excluding diaryl/α,β-unsaturated/α-hetero) is 1. The van der Waals surface area contributed by atoms with Gasteiger partial charge in [0.1, 0.15) is 11.0 Å². The van der Waals surface area contributed by atoms with E-state index in [0.717, 1.165) is 0 Å². The normalized spacial score (nSPS) is 16.1. The second-order valence-corrected chi connectivity index (χ2v) is 9.37. The summed E-state index contributed by atoms with van der Waals surface area (Å²) in [6, 6.07) is 4.16. The number of nitrogens with zero attached hydrogens (tertiary/aromatic N) is 4. The third-order valence-electron chi connectivity index (χ3n) is 5.01. The van der Waals surface area contributed by atoms with E-state index in [4.69, 9.17) is 9.47 Å². The van der Waals surface area contributed by atoms with E-state index in [1.807, 2.05) is 0 Å². The monoisotopic (exact) mass is 472 g/mol. The van der Waals surface area contributed by atoms with E-state index in [0.29, 0.717) is 37.6 Å². The van der Waals surface area contributed by atoms with Crippen LogP contribution < -0.4 is 14.4 Å². The van der Waals surface area contributed by atoms with Crippen LogP contribution in [0.5, 0.6) is 11.5 Å². The molecule has 0 radical (unpaired) electrons. The first-order chi connectivity index (χ1) is 15.3. The quantitative estimate of drug-likeness (QED) is 0.540. The number of hydrogen-bond donors (Lipinski definition) is 1. The lowest BCUT2D eigenvalue weighted by Gasteiger charge is -2.26. The Morgan fingerprint density at radius 1 is 1.09 bits per heavy atom. The maximum Gasteiger partial charge on any atom is 0.296 e. The number of carbonyl (C=O) groups is 2. The first-order valence-corrected chi connectivity index (χ1v) is 11.2. The van der Waals surface area contributed by atoms with E-state index >= 15 is 0 Å². The minimum atomic E-state index is -0.991. The molecule has 4 rings (SSSR count). The Morgan fingerprint density at radius 3 is 2.41 bits per heavy atom. The number of rotatable bonds is 6. The fourth-order valence-corrected chi connectivity index (χ4v) is 5.29. The molecule has 0 fully saturated rings. The average Bonchev–Trinajstić information content (AvgIpc) is 3.42. The van der Waals surface area contributed by atoms with E-state index in [2.05, 4.69) is 15.2 Å². The highest BCUT2D eigenvalue weighted by molar-refractivity contribution is 7.15. The number of aryl methyl sites for hydroxylation is 3. The minimum Gasteiger partial charge on any atom is -0.503 e. The topological polar surface area (TPSA) is 115 Å². The summed E-state index contributed by atoms with van der Waals surface area (Å²) >= 11 is 2.39. The molecule has 1 aromatic carbocycles. The molecule has 2 aromatic heterocycles. The van der Waals surface area contributed by atoms with Crippen LogP contribution in [0, 0.1) is 20.8 Å². The van der Waals surface area contributed by atoms with Gasteiger partial charge in [-0.3, -0.25) is 14.5 Å². The first kappa shape index (κ1) is 21.9. The van der Waals surface area contributed by atoms with Crippen LogP contribution >= 0.6 is 22.7 Å². The number of ether oxygens (including phenoxy) is 2. The summed E-state index contributed by atoms with van der Waals surface area (Å²) in [5.74, 6) is -1.08. The number of carbonyl (C=O) groups excluding carboxylic acids is 2. The molecule has 11 heteroatoms. The van der Waals surface area contributed by atoms with Crippen molar-refractivity contribution >= 4 is 39.5 Å². The van der Waals surface area contributed by atoms with Crippen molar-refractivity contribution in [3.63, 3.8) is 0 Å². The molecule has 0 saturated carbocycles. The van der Waals surface area contributed by atoms with Crippen molar-refractivity contribution in [2.75, 3.05) is 19.1 Å². The van der Waals surface area contributed by atoms with Gasteiger partial charge in [0.2, 0.25) is 10.9 Å². The highest BCUT2D eigenvalue weighted by atomic mass is 32.1. The van der Waals surface area contributed by atoms with Gasteiger partial charge in [-0.15, -0.1) is 21.5 Å². The molecular weight excluding hydrogens is 452 g/mol. The lowest BCUT2D eigenvalue weighted by Crippen LogP contribution is -2.31. The summed E-state index contributed by atoms with van der Waals surface area (Å²) in [5, 5.41) is 20.6. The van der Waals surface area contributed by atoms with Crippen molar-refractivity contribution in [1.82, 2.24) is 15.2 Å². The molecule has 1 N–H and O–H groups in total. The molecule has 1 aliphatic rings. The van der Waals surface area contributed by atoms with Gasteiger partial charge in [-0.1, -0.05) is 23.5 Å². The molecule has 32 heavy (non-hydrogen) atoms. The number of amides is 1. The van der Waals surface area contributed by atoms with Crippen LogP contribution in [0.2, 0.25) is 0 Å². The summed E-state index contributed by atoms with van der Waals surface area (Å²) in [6.07, 6.45) is 0. The first-order valence-electron chi connectivity index (χ1n) is 9.54. The molecule has 1 unspecified atom stereocenters. The molecule has 1 amide bonds. The van der Waals surface area contributed by atoms with E-state index < -0.39 is 23.5 Å². The molecule has 3 aromatic rings. The van der Waals surface area contributed by atoms with Crippen molar-refractivity contribution in [3.05, 3.63) is 55.7 Å². The fraction of sp³-hybridized carbons (Fsp3) is 0.286. The summed E-state index contributed by atoms with van der Waals surface area (Å²) in [4.78, 5) is 32.8. The third kappa shape index (κ3) is 3.43. The number of benzene rings is 1. The smallest absolute Gasteiger partial charge is 0.296 e. The van der Waals surface area contributed by atoms with Crippen molar-refractivity contribution in [2.24, 2.45) is 0 Å². The standard InChI is InChI=1S/C21H20N4O5S2/c1-9-19(31-10(2)22-9)16(26)14-15(12-7-6-8-13(29-4)18(12)30-5)25(20(28)17(14)27)21-24-23-11(3)32-21/h6-8,15,27H,1-5H3. The Labute approximate surface area is 192 Å². The third-order valence-corrected chi connectivity index (χ3v) is 6.92. The Hall–Kier alpha value is -3.31. The second kappa shape index (κ2) is 8.32. The number of anilines is 1. The lowest BCUT2D eigenvalue weighted by molar-refractivity contribution is -0.117. The maximum atomic E-state index is 13.6. The zero-order chi connectivity index (χ0) is 23.2. The average molecular weight is 473 g/mol. The highest BCUT2D eigenvalue weighted by Gasteiger charge is 2.48. The van der Waals surface area contributed by atoms with E-state index in [1.165, 1.54) is 41.8 Å². The van der Waals surface area contributed by atoms with E-state index in [9.17, 15) is 14.7 Å². The number of ketones is 1. The number of aromatic nitrogens is 3. The van der Waals surface area contributed by atoms with Crippen LogP contribution in [0.4, 0.5) is 5.13 Å². The van der Waals surface area contributed by atoms with Gasteiger partial charge in [-0.05, 0) is 26.8 Å². The molecule has 3 heterocycles. The summed E-state index contributed by atoms with van der Waals surface area (Å²) in [6.45, 7) is 5.27. The van der Waals surface area contributed by atoms with Gasteiger partial charge in [0, 0.05) is 5.56 Å². The Balaban J connectivity index is 1.96. The molecule has 166 valence electrons. The van der Waals surface area contributed by atoms with Crippen molar-refractivity contribution in [2.45, 2.75) is 26.8 Å². The zero-order valence-electron chi connectivity index (χ0n) is 18.0.